The van der Waals surface area contributed by atoms with Crippen LogP contribution in [0.15, 0.2) is 71.9 Å². The minimum atomic E-state index is -0.0716. The summed E-state index contributed by atoms with van der Waals surface area (Å²) < 4.78 is 5.45. The van der Waals surface area contributed by atoms with Crippen molar-refractivity contribution in [1.29, 1.82) is 0 Å². The molecule has 3 heterocycles. The zero-order valence-electron chi connectivity index (χ0n) is 15.7. The van der Waals surface area contributed by atoms with E-state index in [1.54, 1.807) is 15.3 Å². The molecule has 0 N–H and O–H groups in total. The van der Waals surface area contributed by atoms with E-state index in [1.165, 1.54) is 0 Å². The van der Waals surface area contributed by atoms with Gasteiger partial charge in [0.15, 0.2) is 5.65 Å². The Hall–Kier alpha value is -3.67. The van der Waals surface area contributed by atoms with Gasteiger partial charge in [0.25, 0.3) is 0 Å². The van der Waals surface area contributed by atoms with Crippen molar-refractivity contribution in [3.63, 3.8) is 0 Å². The minimum absolute atomic E-state index is 0.0716. The van der Waals surface area contributed by atoms with Crippen LogP contribution < -0.4 is 5.69 Å². The van der Waals surface area contributed by atoms with Gasteiger partial charge in [-0.2, -0.15) is 0 Å². The molecular formula is C22H19N5O. The van der Waals surface area contributed by atoms with Gasteiger partial charge < -0.3 is 4.57 Å². The minimum Gasteiger partial charge on any atom is -0.333 e. The molecule has 0 fully saturated rings. The van der Waals surface area contributed by atoms with E-state index >= 15 is 0 Å². The van der Waals surface area contributed by atoms with Crippen LogP contribution in [0.2, 0.25) is 0 Å². The van der Waals surface area contributed by atoms with Crippen LogP contribution in [0, 0.1) is 0 Å². The summed E-state index contributed by atoms with van der Waals surface area (Å²) in [6, 6.07) is 17.9. The number of para-hydroxylation sites is 1. The fourth-order valence-electron chi connectivity index (χ4n) is 3.86. The van der Waals surface area contributed by atoms with E-state index in [-0.39, 0.29) is 5.69 Å². The van der Waals surface area contributed by atoms with Crippen molar-refractivity contribution in [3.8, 4) is 16.8 Å². The average molecular weight is 369 g/mol. The maximum absolute atomic E-state index is 12.9. The van der Waals surface area contributed by atoms with Crippen LogP contribution in [-0.4, -0.2) is 23.7 Å². The second kappa shape index (κ2) is 6.20. The first-order valence-electron chi connectivity index (χ1n) is 9.26. The number of hydrogen-bond acceptors (Lipinski definition) is 3. The van der Waals surface area contributed by atoms with Gasteiger partial charge in [0.1, 0.15) is 0 Å². The Morgan fingerprint density at radius 1 is 0.964 bits per heavy atom. The van der Waals surface area contributed by atoms with Crippen molar-refractivity contribution in [1.82, 2.24) is 23.7 Å². The first-order chi connectivity index (χ1) is 13.7. The Bertz CT molecular complexity index is 1370. The summed E-state index contributed by atoms with van der Waals surface area (Å²) >= 11 is 0. The van der Waals surface area contributed by atoms with E-state index in [1.807, 2.05) is 73.4 Å². The number of aryl methyl sites for hydroxylation is 2. The second-order valence-corrected chi connectivity index (χ2v) is 6.78. The van der Waals surface area contributed by atoms with Gasteiger partial charge in [0.05, 0.1) is 28.6 Å². The molecule has 6 heteroatoms. The van der Waals surface area contributed by atoms with Gasteiger partial charge in [0, 0.05) is 25.4 Å². The maximum atomic E-state index is 12.9. The molecule has 0 unspecified atom stereocenters. The molecule has 3 aromatic heterocycles. The average Bonchev–Trinajstić information content (AvgIpc) is 3.25. The Balaban J connectivity index is 1.67. The first-order valence-corrected chi connectivity index (χ1v) is 9.26. The SMILES string of the molecule is CCn1c(=O)n(-c2ccc(-c3cccc4ncn(C)c34)cc2)c2ncccc21. The fraction of sp³-hybridized carbons (Fsp3) is 0.136. The predicted molar refractivity (Wildman–Crippen MR) is 111 cm³/mol. The zero-order chi connectivity index (χ0) is 19.3. The summed E-state index contributed by atoms with van der Waals surface area (Å²) in [5.41, 5.74) is 6.52. The molecule has 0 saturated carbocycles. The van der Waals surface area contributed by atoms with Gasteiger partial charge in [-0.05, 0) is 42.8 Å². The molecule has 28 heavy (non-hydrogen) atoms. The molecule has 5 rings (SSSR count). The highest BCUT2D eigenvalue weighted by atomic mass is 16.1. The Morgan fingerprint density at radius 3 is 2.57 bits per heavy atom. The summed E-state index contributed by atoms with van der Waals surface area (Å²) in [6.45, 7) is 2.57. The van der Waals surface area contributed by atoms with Crippen LogP contribution in [0.4, 0.5) is 0 Å². The lowest BCUT2D eigenvalue weighted by Crippen LogP contribution is -2.22. The number of imidazole rings is 2. The van der Waals surface area contributed by atoms with Crippen molar-refractivity contribution >= 4 is 22.2 Å². The third-order valence-electron chi connectivity index (χ3n) is 5.18. The van der Waals surface area contributed by atoms with Gasteiger partial charge in [-0.25, -0.2) is 19.3 Å². The third kappa shape index (κ3) is 2.31. The Morgan fingerprint density at radius 2 is 1.79 bits per heavy atom. The fourth-order valence-corrected chi connectivity index (χ4v) is 3.86. The number of aromatic nitrogens is 5. The Labute approximate surface area is 161 Å². The monoisotopic (exact) mass is 369 g/mol. The van der Waals surface area contributed by atoms with E-state index in [9.17, 15) is 4.79 Å². The molecule has 0 aliphatic rings. The number of pyridine rings is 1. The molecule has 0 spiro atoms. The lowest BCUT2D eigenvalue weighted by atomic mass is 10.0. The molecule has 0 aliphatic carbocycles. The highest BCUT2D eigenvalue weighted by Gasteiger charge is 2.15. The van der Waals surface area contributed by atoms with Gasteiger partial charge in [-0.1, -0.05) is 24.3 Å². The van der Waals surface area contributed by atoms with Gasteiger partial charge in [0.2, 0.25) is 0 Å². The van der Waals surface area contributed by atoms with Gasteiger partial charge >= 0.3 is 5.69 Å². The maximum Gasteiger partial charge on any atom is 0.334 e. The van der Waals surface area contributed by atoms with E-state index < -0.39 is 0 Å². The molecule has 0 saturated heterocycles. The molecule has 0 bridgehead atoms. The molecular weight excluding hydrogens is 350 g/mol. The van der Waals surface area contributed by atoms with Crippen molar-refractivity contribution < 1.29 is 0 Å². The largest absolute Gasteiger partial charge is 0.334 e. The smallest absolute Gasteiger partial charge is 0.333 e. The normalized spacial score (nSPS) is 11.5. The number of benzene rings is 2. The quantitative estimate of drug-likeness (QED) is 0.487. The summed E-state index contributed by atoms with van der Waals surface area (Å²) in [5, 5.41) is 0. The van der Waals surface area contributed by atoms with Crippen molar-refractivity contribution in [2.75, 3.05) is 0 Å². The summed E-state index contributed by atoms with van der Waals surface area (Å²) in [5.74, 6) is 0. The topological polar surface area (TPSA) is 57.6 Å². The molecule has 0 amide bonds. The standard InChI is InChI=1S/C22H19N5O/c1-3-26-19-8-5-13-23-21(19)27(22(26)28)16-11-9-15(10-12-16)17-6-4-7-18-20(17)25(2)14-24-18/h4-14H,3H2,1-2H3. The highest BCUT2D eigenvalue weighted by Crippen LogP contribution is 2.28. The zero-order valence-corrected chi connectivity index (χ0v) is 15.7. The van der Waals surface area contributed by atoms with E-state index in [2.05, 4.69) is 16.0 Å². The molecule has 2 aromatic carbocycles. The van der Waals surface area contributed by atoms with Crippen molar-refractivity contribution in [2.45, 2.75) is 13.5 Å². The van der Waals surface area contributed by atoms with Crippen molar-refractivity contribution in [2.24, 2.45) is 7.05 Å². The summed E-state index contributed by atoms with van der Waals surface area (Å²) in [7, 11) is 2.00. The molecule has 0 radical (unpaired) electrons. The highest BCUT2D eigenvalue weighted by molar-refractivity contribution is 5.92. The van der Waals surface area contributed by atoms with Crippen LogP contribution in [0.5, 0.6) is 0 Å². The molecule has 6 nitrogen and oxygen atoms in total. The van der Waals surface area contributed by atoms with E-state index in [0.717, 1.165) is 33.4 Å². The molecule has 0 atom stereocenters. The Kier molecular flexibility index (Phi) is 3.65. The van der Waals surface area contributed by atoms with Crippen LogP contribution in [0.1, 0.15) is 6.92 Å². The van der Waals surface area contributed by atoms with Gasteiger partial charge in [-0.15, -0.1) is 0 Å². The molecule has 5 aromatic rings. The number of rotatable bonds is 3. The molecule has 138 valence electrons. The number of fused-ring (bicyclic) bond motifs is 2. The van der Waals surface area contributed by atoms with Crippen LogP contribution in [-0.2, 0) is 13.6 Å². The lowest BCUT2D eigenvalue weighted by molar-refractivity contribution is 0.734. The summed E-state index contributed by atoms with van der Waals surface area (Å²) in [6.07, 6.45) is 3.54. The third-order valence-corrected chi connectivity index (χ3v) is 5.18. The van der Waals surface area contributed by atoms with Crippen molar-refractivity contribution in [3.05, 3.63) is 77.6 Å². The lowest BCUT2D eigenvalue weighted by Gasteiger charge is -2.08. The summed E-state index contributed by atoms with van der Waals surface area (Å²) in [4.78, 5) is 21.8. The van der Waals surface area contributed by atoms with Gasteiger partial charge in [-0.3, -0.25) is 4.57 Å². The van der Waals surface area contributed by atoms with E-state index in [4.69, 9.17) is 0 Å². The number of hydrogen-bond donors (Lipinski definition) is 0. The number of nitrogens with zero attached hydrogens (tertiary/aromatic N) is 5. The molecule has 0 aliphatic heterocycles. The van der Waals surface area contributed by atoms with E-state index in [0.29, 0.717) is 12.2 Å². The van der Waals surface area contributed by atoms with Crippen LogP contribution >= 0.6 is 0 Å². The van der Waals surface area contributed by atoms with Crippen LogP contribution in [0.3, 0.4) is 0 Å². The second-order valence-electron chi connectivity index (χ2n) is 6.78. The predicted octanol–water partition coefficient (Wildman–Crippen LogP) is 3.76. The first kappa shape index (κ1) is 16.5. The van der Waals surface area contributed by atoms with Crippen LogP contribution in [0.25, 0.3) is 39.0 Å².